The summed E-state index contributed by atoms with van der Waals surface area (Å²) in [6.45, 7) is 0. The molecule has 158 valence electrons. The van der Waals surface area contributed by atoms with Crippen LogP contribution in [-0.2, 0) is 4.79 Å². The third-order valence-corrected chi connectivity index (χ3v) is 6.11. The number of nitrogens with two attached hydrogens (primary N) is 1. The van der Waals surface area contributed by atoms with Crippen LogP contribution in [0.3, 0.4) is 0 Å². The van der Waals surface area contributed by atoms with Gasteiger partial charge in [-0.3, -0.25) is 9.59 Å². The smallest absolute Gasteiger partial charge is 0.255 e. The van der Waals surface area contributed by atoms with Crippen molar-refractivity contribution in [2.24, 2.45) is 5.73 Å². The average molecular weight is 435 g/mol. The van der Waals surface area contributed by atoms with E-state index < -0.39 is 11.9 Å². The quantitative estimate of drug-likeness (QED) is 0.624. The van der Waals surface area contributed by atoms with E-state index in [1.165, 1.54) is 0 Å². The Bertz CT molecular complexity index is 1110. The molecule has 4 rings (SSSR count). The van der Waals surface area contributed by atoms with Gasteiger partial charge in [0.2, 0.25) is 5.91 Å². The number of carbonyl (C=O) groups excluding carboxylic acids is 2. The van der Waals surface area contributed by atoms with Crippen LogP contribution in [0.1, 0.15) is 34.8 Å². The number of hydrogen-bond donors (Lipinski definition) is 1. The number of amides is 2. The molecule has 1 saturated heterocycles. The number of halogens is 1. The van der Waals surface area contributed by atoms with Gasteiger partial charge >= 0.3 is 0 Å². The van der Waals surface area contributed by atoms with Crippen molar-refractivity contribution in [2.45, 2.75) is 24.9 Å². The van der Waals surface area contributed by atoms with Crippen molar-refractivity contribution in [2.75, 3.05) is 7.11 Å². The molecule has 6 heteroatoms. The van der Waals surface area contributed by atoms with Crippen molar-refractivity contribution in [1.29, 1.82) is 0 Å². The first-order valence-corrected chi connectivity index (χ1v) is 10.5. The topological polar surface area (TPSA) is 72.6 Å². The molecule has 1 fully saturated rings. The molecule has 0 saturated carbocycles. The average Bonchev–Trinajstić information content (AvgIpc) is 3.24. The van der Waals surface area contributed by atoms with Gasteiger partial charge in [0.05, 0.1) is 13.2 Å². The zero-order chi connectivity index (χ0) is 22.0. The van der Waals surface area contributed by atoms with Crippen molar-refractivity contribution in [3.63, 3.8) is 0 Å². The zero-order valence-electron chi connectivity index (χ0n) is 17.1. The molecule has 1 heterocycles. The summed E-state index contributed by atoms with van der Waals surface area (Å²) in [6.07, 6.45) is 1.14. The molecule has 2 amide bonds. The van der Waals surface area contributed by atoms with Crippen LogP contribution in [0.5, 0.6) is 5.75 Å². The molecule has 5 nitrogen and oxygen atoms in total. The molecule has 2 atom stereocenters. The largest absolute Gasteiger partial charge is 0.496 e. The van der Waals surface area contributed by atoms with Gasteiger partial charge in [0, 0.05) is 16.1 Å². The fourth-order valence-corrected chi connectivity index (χ4v) is 4.51. The molecular formula is C25H23ClN2O3. The molecule has 0 bridgehead atoms. The Kier molecular flexibility index (Phi) is 5.96. The molecule has 0 aromatic heterocycles. The summed E-state index contributed by atoms with van der Waals surface area (Å²) in [6, 6.07) is 21.4. The maximum absolute atomic E-state index is 13.5. The van der Waals surface area contributed by atoms with Crippen LogP contribution >= 0.6 is 11.6 Å². The highest BCUT2D eigenvalue weighted by atomic mass is 35.5. The molecule has 31 heavy (non-hydrogen) atoms. The number of nitrogens with zero attached hydrogens (tertiary/aromatic N) is 1. The van der Waals surface area contributed by atoms with E-state index in [0.717, 1.165) is 22.4 Å². The van der Waals surface area contributed by atoms with E-state index in [2.05, 4.69) is 0 Å². The zero-order valence-corrected chi connectivity index (χ0v) is 17.9. The minimum atomic E-state index is -0.664. The summed E-state index contributed by atoms with van der Waals surface area (Å²) < 4.78 is 5.43. The van der Waals surface area contributed by atoms with Crippen LogP contribution in [0.25, 0.3) is 11.1 Å². The lowest BCUT2D eigenvalue weighted by Crippen LogP contribution is -2.44. The lowest BCUT2D eigenvalue weighted by atomic mass is 10.0. The molecule has 3 aromatic rings. The standard InChI is InChI=1S/C25H23ClN2O3/c1-31-23-9-5-3-6-18(23)16-10-12-17(13-11-16)25(30)28-21(14-15-22(28)24(27)29)19-7-2-4-8-20(19)26/h2-13,21-22H,14-15H2,1H3,(H2,27,29)/t21?,22-/m0/s1. The van der Waals surface area contributed by atoms with E-state index in [1.807, 2.05) is 54.6 Å². The second kappa shape index (κ2) is 8.82. The monoisotopic (exact) mass is 434 g/mol. The summed E-state index contributed by atoms with van der Waals surface area (Å²) in [7, 11) is 1.63. The van der Waals surface area contributed by atoms with Crippen LogP contribution in [0.15, 0.2) is 72.8 Å². The molecule has 0 spiro atoms. The van der Waals surface area contributed by atoms with Crippen molar-refractivity contribution in [3.05, 3.63) is 88.9 Å². The summed E-state index contributed by atoms with van der Waals surface area (Å²) >= 11 is 6.40. The molecule has 1 unspecified atom stereocenters. The number of para-hydroxylation sites is 1. The molecular weight excluding hydrogens is 412 g/mol. The third kappa shape index (κ3) is 4.01. The number of methoxy groups -OCH3 is 1. The predicted molar refractivity (Wildman–Crippen MR) is 121 cm³/mol. The van der Waals surface area contributed by atoms with Crippen molar-refractivity contribution in [1.82, 2.24) is 4.90 Å². The van der Waals surface area contributed by atoms with Gasteiger partial charge < -0.3 is 15.4 Å². The number of primary amides is 1. The van der Waals surface area contributed by atoms with Crippen molar-refractivity contribution >= 4 is 23.4 Å². The Balaban J connectivity index is 1.67. The SMILES string of the molecule is COc1ccccc1-c1ccc(C(=O)N2C(c3ccccc3Cl)CC[C@H]2C(N)=O)cc1. The Hall–Kier alpha value is -3.31. The maximum atomic E-state index is 13.5. The number of carbonyl (C=O) groups is 2. The third-order valence-electron chi connectivity index (χ3n) is 5.76. The first-order chi connectivity index (χ1) is 15.0. The molecule has 0 aliphatic carbocycles. The van der Waals surface area contributed by atoms with Gasteiger partial charge in [-0.15, -0.1) is 0 Å². The maximum Gasteiger partial charge on any atom is 0.255 e. The van der Waals surface area contributed by atoms with Crippen LogP contribution in [0, 0.1) is 0 Å². The predicted octanol–water partition coefficient (Wildman–Crippen LogP) is 4.85. The molecule has 1 aliphatic rings. The van der Waals surface area contributed by atoms with Crippen molar-refractivity contribution in [3.8, 4) is 16.9 Å². The molecule has 2 N–H and O–H groups in total. The van der Waals surface area contributed by atoms with Crippen molar-refractivity contribution < 1.29 is 14.3 Å². The number of ether oxygens (including phenoxy) is 1. The second-order valence-electron chi connectivity index (χ2n) is 7.52. The van der Waals surface area contributed by atoms with Gasteiger partial charge in [0.15, 0.2) is 0 Å². The highest BCUT2D eigenvalue weighted by Crippen LogP contribution is 2.40. The molecule has 0 radical (unpaired) electrons. The van der Waals surface area contributed by atoms with Crippen LogP contribution in [0.4, 0.5) is 0 Å². The summed E-state index contributed by atoms with van der Waals surface area (Å²) in [5, 5.41) is 0.571. The van der Waals surface area contributed by atoms with Crippen LogP contribution in [-0.4, -0.2) is 29.9 Å². The van der Waals surface area contributed by atoms with Gasteiger partial charge in [-0.25, -0.2) is 0 Å². The van der Waals surface area contributed by atoms with Gasteiger partial charge in [0.25, 0.3) is 5.91 Å². The van der Waals surface area contributed by atoms with Gasteiger partial charge in [0.1, 0.15) is 11.8 Å². The van der Waals surface area contributed by atoms with E-state index in [4.69, 9.17) is 22.1 Å². The van der Waals surface area contributed by atoms with E-state index in [0.29, 0.717) is 23.4 Å². The van der Waals surface area contributed by atoms with E-state index in [9.17, 15) is 9.59 Å². The second-order valence-corrected chi connectivity index (χ2v) is 7.93. The summed E-state index contributed by atoms with van der Waals surface area (Å²) in [5.74, 6) is 0.0139. The lowest BCUT2D eigenvalue weighted by molar-refractivity contribution is -0.122. The highest BCUT2D eigenvalue weighted by molar-refractivity contribution is 6.31. The minimum Gasteiger partial charge on any atom is -0.496 e. The van der Waals surface area contributed by atoms with Crippen LogP contribution in [0.2, 0.25) is 5.02 Å². The van der Waals surface area contributed by atoms with Crippen LogP contribution < -0.4 is 10.5 Å². The van der Waals surface area contributed by atoms with E-state index >= 15 is 0 Å². The Morgan fingerprint density at radius 1 is 0.968 bits per heavy atom. The normalized spacial score (nSPS) is 18.1. The molecule has 3 aromatic carbocycles. The van der Waals surface area contributed by atoms with E-state index in [1.54, 1.807) is 30.2 Å². The Morgan fingerprint density at radius 3 is 2.32 bits per heavy atom. The van der Waals surface area contributed by atoms with Gasteiger partial charge in [-0.05, 0) is 48.2 Å². The fourth-order valence-electron chi connectivity index (χ4n) is 4.25. The fraction of sp³-hybridized carbons (Fsp3) is 0.200. The first kappa shape index (κ1) is 20.9. The summed E-state index contributed by atoms with van der Waals surface area (Å²) in [5.41, 5.74) is 8.82. The first-order valence-electron chi connectivity index (χ1n) is 10.1. The number of likely N-dealkylation sites (tertiary alicyclic amines) is 1. The lowest BCUT2D eigenvalue weighted by Gasteiger charge is -2.30. The number of hydrogen-bond acceptors (Lipinski definition) is 3. The molecule has 1 aliphatic heterocycles. The van der Waals surface area contributed by atoms with Gasteiger partial charge in [-0.2, -0.15) is 0 Å². The minimum absolute atomic E-state index is 0.238. The number of benzene rings is 3. The Morgan fingerprint density at radius 2 is 1.65 bits per heavy atom. The van der Waals surface area contributed by atoms with Gasteiger partial charge in [-0.1, -0.05) is 60.1 Å². The number of rotatable bonds is 5. The van der Waals surface area contributed by atoms with E-state index in [-0.39, 0.29) is 11.9 Å². The highest BCUT2D eigenvalue weighted by Gasteiger charge is 2.41. The summed E-state index contributed by atoms with van der Waals surface area (Å²) in [4.78, 5) is 27.2. The Labute approximate surface area is 186 Å².